The van der Waals surface area contributed by atoms with E-state index >= 15 is 0 Å². The normalized spacial score (nSPS) is 9.76. The molecule has 1 amide bonds. The summed E-state index contributed by atoms with van der Waals surface area (Å²) < 4.78 is 0. The number of benzene rings is 1. The number of carbonyl (C=O) groups is 1. The molecule has 1 aromatic carbocycles. The first-order valence-electron chi connectivity index (χ1n) is 6.32. The summed E-state index contributed by atoms with van der Waals surface area (Å²) in [6.07, 6.45) is 0. The number of hydrogen-bond acceptors (Lipinski definition) is 5. The third kappa shape index (κ3) is 3.55. The summed E-state index contributed by atoms with van der Waals surface area (Å²) in [5, 5.41) is 8.79. The Hall–Kier alpha value is -2.91. The molecule has 0 atom stereocenters. The zero-order valence-electron chi connectivity index (χ0n) is 11.6. The number of nitrogens with zero attached hydrogens (tertiary/aromatic N) is 3. The van der Waals surface area contributed by atoms with Gasteiger partial charge in [0.1, 0.15) is 5.69 Å². The molecule has 3 N–H and O–H groups in total. The van der Waals surface area contributed by atoms with Crippen LogP contribution in [0.4, 0.5) is 5.69 Å². The number of pyridine rings is 1. The number of nitrogen functional groups attached to an aromatic ring is 1. The van der Waals surface area contributed by atoms with E-state index in [9.17, 15) is 4.79 Å². The SMILES string of the molecule is CN(Cc1cccc(C(=O)NN)n1)c1ccc(C#N)cc1. The zero-order chi connectivity index (χ0) is 15.2. The first-order chi connectivity index (χ1) is 10.1. The van der Waals surface area contributed by atoms with Gasteiger partial charge in [0, 0.05) is 12.7 Å². The van der Waals surface area contributed by atoms with E-state index in [4.69, 9.17) is 11.1 Å². The number of anilines is 1. The topological polar surface area (TPSA) is 95.0 Å². The van der Waals surface area contributed by atoms with Crippen LogP contribution in [-0.2, 0) is 6.54 Å². The predicted molar refractivity (Wildman–Crippen MR) is 79.2 cm³/mol. The van der Waals surface area contributed by atoms with Crippen LogP contribution in [0.25, 0.3) is 0 Å². The Balaban J connectivity index is 2.13. The zero-order valence-corrected chi connectivity index (χ0v) is 11.6. The molecule has 1 heterocycles. The molecule has 0 aliphatic heterocycles. The molecule has 6 nitrogen and oxygen atoms in total. The van der Waals surface area contributed by atoms with Gasteiger partial charge in [0.15, 0.2) is 0 Å². The lowest BCUT2D eigenvalue weighted by atomic mass is 10.2. The Kier molecular flexibility index (Phi) is 4.49. The van der Waals surface area contributed by atoms with E-state index in [1.807, 2.05) is 30.1 Å². The van der Waals surface area contributed by atoms with Crippen molar-refractivity contribution < 1.29 is 4.79 Å². The van der Waals surface area contributed by atoms with Gasteiger partial charge in [-0.25, -0.2) is 10.8 Å². The molecule has 1 aromatic heterocycles. The second-order valence-corrected chi connectivity index (χ2v) is 4.50. The van der Waals surface area contributed by atoms with E-state index in [1.54, 1.807) is 24.3 Å². The number of nitriles is 1. The Labute approximate surface area is 122 Å². The van der Waals surface area contributed by atoms with Gasteiger partial charge in [-0.3, -0.25) is 10.2 Å². The molecule has 0 saturated carbocycles. The van der Waals surface area contributed by atoms with E-state index < -0.39 is 5.91 Å². The minimum absolute atomic E-state index is 0.281. The smallest absolute Gasteiger partial charge is 0.283 e. The fraction of sp³-hybridized carbons (Fsp3) is 0.133. The van der Waals surface area contributed by atoms with Crippen molar-refractivity contribution in [1.29, 1.82) is 5.26 Å². The van der Waals surface area contributed by atoms with Gasteiger partial charge in [-0.15, -0.1) is 0 Å². The lowest BCUT2D eigenvalue weighted by Gasteiger charge is -2.19. The van der Waals surface area contributed by atoms with Crippen LogP contribution in [0.15, 0.2) is 42.5 Å². The molecule has 0 bridgehead atoms. The van der Waals surface area contributed by atoms with Crippen LogP contribution in [0.3, 0.4) is 0 Å². The fourth-order valence-electron chi connectivity index (χ4n) is 1.89. The van der Waals surface area contributed by atoms with Crippen molar-refractivity contribution in [2.45, 2.75) is 6.54 Å². The highest BCUT2D eigenvalue weighted by molar-refractivity contribution is 5.91. The quantitative estimate of drug-likeness (QED) is 0.498. The van der Waals surface area contributed by atoms with Crippen molar-refractivity contribution in [3.63, 3.8) is 0 Å². The van der Waals surface area contributed by atoms with Crippen molar-refractivity contribution in [2.24, 2.45) is 5.84 Å². The van der Waals surface area contributed by atoms with E-state index in [0.717, 1.165) is 11.4 Å². The maximum atomic E-state index is 11.4. The van der Waals surface area contributed by atoms with Crippen molar-refractivity contribution in [3.8, 4) is 6.07 Å². The van der Waals surface area contributed by atoms with Crippen molar-refractivity contribution in [2.75, 3.05) is 11.9 Å². The number of hydrogen-bond donors (Lipinski definition) is 2. The van der Waals surface area contributed by atoms with E-state index in [0.29, 0.717) is 12.1 Å². The number of carbonyl (C=O) groups excluding carboxylic acids is 1. The van der Waals surface area contributed by atoms with Crippen LogP contribution in [0, 0.1) is 11.3 Å². The second kappa shape index (κ2) is 6.50. The number of nitrogens with one attached hydrogen (secondary N) is 1. The summed E-state index contributed by atoms with van der Waals surface area (Å²) >= 11 is 0. The van der Waals surface area contributed by atoms with Gasteiger partial charge in [-0.05, 0) is 36.4 Å². The van der Waals surface area contributed by atoms with Gasteiger partial charge in [-0.1, -0.05) is 6.07 Å². The highest BCUT2D eigenvalue weighted by Gasteiger charge is 2.08. The van der Waals surface area contributed by atoms with Gasteiger partial charge >= 0.3 is 0 Å². The molecule has 6 heteroatoms. The van der Waals surface area contributed by atoms with Gasteiger partial charge in [0.25, 0.3) is 5.91 Å². The average Bonchev–Trinajstić information content (AvgIpc) is 2.54. The first-order valence-corrected chi connectivity index (χ1v) is 6.32. The van der Waals surface area contributed by atoms with Crippen LogP contribution in [0.5, 0.6) is 0 Å². The molecule has 106 valence electrons. The molecule has 0 fully saturated rings. The maximum absolute atomic E-state index is 11.4. The Bertz CT molecular complexity index is 675. The fourth-order valence-corrected chi connectivity index (χ4v) is 1.89. The third-order valence-electron chi connectivity index (χ3n) is 3.01. The monoisotopic (exact) mass is 281 g/mol. The molecule has 21 heavy (non-hydrogen) atoms. The van der Waals surface area contributed by atoms with Gasteiger partial charge < -0.3 is 4.90 Å². The summed E-state index contributed by atoms with van der Waals surface area (Å²) in [5.74, 6) is 4.68. The summed E-state index contributed by atoms with van der Waals surface area (Å²) in [5.41, 5.74) is 4.67. The van der Waals surface area contributed by atoms with Gasteiger partial charge in [-0.2, -0.15) is 5.26 Å². The Morgan fingerprint density at radius 1 is 1.33 bits per heavy atom. The first kappa shape index (κ1) is 14.5. The number of nitrogens with two attached hydrogens (primary N) is 1. The van der Waals surface area contributed by atoms with Crippen LogP contribution in [0.1, 0.15) is 21.7 Å². The standard InChI is InChI=1S/C15H15N5O/c1-20(13-7-5-11(9-16)6-8-13)10-12-3-2-4-14(18-12)15(21)19-17/h2-8H,10,17H2,1H3,(H,19,21). The van der Waals surface area contributed by atoms with E-state index in [1.165, 1.54) is 0 Å². The number of aromatic nitrogens is 1. The maximum Gasteiger partial charge on any atom is 0.283 e. The van der Waals surface area contributed by atoms with Crippen molar-refractivity contribution in [1.82, 2.24) is 10.4 Å². The predicted octanol–water partition coefficient (Wildman–Crippen LogP) is 1.19. The lowest BCUT2D eigenvalue weighted by Crippen LogP contribution is -2.31. The van der Waals surface area contributed by atoms with Crippen molar-refractivity contribution >= 4 is 11.6 Å². The summed E-state index contributed by atoms with van der Waals surface area (Å²) in [6.45, 7) is 0.539. The largest absolute Gasteiger partial charge is 0.369 e. The molecular weight excluding hydrogens is 266 g/mol. The van der Waals surface area contributed by atoms with Crippen molar-refractivity contribution in [3.05, 3.63) is 59.4 Å². The lowest BCUT2D eigenvalue weighted by molar-refractivity contribution is 0.0948. The Morgan fingerprint density at radius 2 is 2.05 bits per heavy atom. The third-order valence-corrected chi connectivity index (χ3v) is 3.01. The molecule has 0 saturated heterocycles. The molecule has 0 unspecified atom stereocenters. The minimum atomic E-state index is -0.419. The van der Waals surface area contributed by atoms with Crippen LogP contribution in [-0.4, -0.2) is 17.9 Å². The Morgan fingerprint density at radius 3 is 2.67 bits per heavy atom. The van der Waals surface area contributed by atoms with E-state index in [-0.39, 0.29) is 5.69 Å². The average molecular weight is 281 g/mol. The molecule has 0 radical (unpaired) electrons. The number of amides is 1. The molecular formula is C15H15N5O. The van der Waals surface area contributed by atoms with Crippen LogP contribution in [0.2, 0.25) is 0 Å². The molecule has 0 aliphatic rings. The van der Waals surface area contributed by atoms with Crippen LogP contribution < -0.4 is 16.2 Å². The minimum Gasteiger partial charge on any atom is -0.369 e. The molecule has 2 rings (SSSR count). The number of rotatable bonds is 4. The summed E-state index contributed by atoms with van der Waals surface area (Å²) in [4.78, 5) is 17.7. The highest BCUT2D eigenvalue weighted by Crippen LogP contribution is 2.15. The molecule has 0 aliphatic carbocycles. The van der Waals surface area contributed by atoms with Gasteiger partial charge in [0.2, 0.25) is 0 Å². The van der Waals surface area contributed by atoms with Crippen LogP contribution >= 0.6 is 0 Å². The summed E-state index contributed by atoms with van der Waals surface area (Å²) in [7, 11) is 1.92. The molecule has 0 spiro atoms. The van der Waals surface area contributed by atoms with E-state index in [2.05, 4.69) is 16.5 Å². The number of hydrazine groups is 1. The van der Waals surface area contributed by atoms with Gasteiger partial charge in [0.05, 0.1) is 23.9 Å². The summed E-state index contributed by atoms with van der Waals surface area (Å²) in [6, 6.07) is 14.6. The molecule has 2 aromatic rings. The highest BCUT2D eigenvalue weighted by atomic mass is 16.2. The second-order valence-electron chi connectivity index (χ2n) is 4.50.